The smallest absolute Gasteiger partial charge is 0.147 e. The number of nitrogens with zero attached hydrogens (tertiary/aromatic N) is 2. The van der Waals surface area contributed by atoms with Gasteiger partial charge in [-0.05, 0) is 25.1 Å². The Morgan fingerprint density at radius 3 is 2.85 bits per heavy atom. The van der Waals surface area contributed by atoms with Crippen molar-refractivity contribution < 1.29 is 9.13 Å². The summed E-state index contributed by atoms with van der Waals surface area (Å²) in [4.78, 5) is 4.34. The first-order chi connectivity index (χ1) is 9.65. The van der Waals surface area contributed by atoms with Crippen molar-refractivity contribution in [3.05, 3.63) is 58.7 Å². The molecule has 1 aromatic heterocycles. The molecule has 0 aliphatic rings. The van der Waals surface area contributed by atoms with Gasteiger partial charge in [0.1, 0.15) is 24.2 Å². The highest BCUT2D eigenvalue weighted by Gasteiger charge is 2.10. The second-order valence-electron chi connectivity index (χ2n) is 4.21. The molecule has 0 N–H and O–H groups in total. The fourth-order valence-electron chi connectivity index (χ4n) is 1.76. The van der Waals surface area contributed by atoms with Crippen LogP contribution in [0.3, 0.4) is 0 Å². The van der Waals surface area contributed by atoms with Crippen LogP contribution in [0.2, 0.25) is 0 Å². The van der Waals surface area contributed by atoms with E-state index in [4.69, 9.17) is 10.00 Å². The number of aromatic nitrogens is 1. The van der Waals surface area contributed by atoms with Gasteiger partial charge >= 0.3 is 0 Å². The topological polar surface area (TPSA) is 45.9 Å². The van der Waals surface area contributed by atoms with E-state index in [0.29, 0.717) is 16.6 Å². The minimum absolute atomic E-state index is 0.0221. The van der Waals surface area contributed by atoms with Crippen LogP contribution >= 0.6 is 15.9 Å². The summed E-state index contributed by atoms with van der Waals surface area (Å²) in [7, 11) is 0. The van der Waals surface area contributed by atoms with Crippen LogP contribution in [0.1, 0.15) is 22.5 Å². The molecule has 0 atom stereocenters. The lowest BCUT2D eigenvalue weighted by Crippen LogP contribution is -2.03. The van der Waals surface area contributed by atoms with Gasteiger partial charge in [-0.1, -0.05) is 28.1 Å². The Hall–Kier alpha value is -1.93. The predicted molar refractivity (Wildman–Crippen MR) is 77.1 cm³/mol. The number of rotatable bonds is 4. The molecule has 0 unspecified atom stereocenters. The maximum Gasteiger partial charge on any atom is 0.147 e. The summed E-state index contributed by atoms with van der Waals surface area (Å²) in [6, 6.07) is 10.1. The number of pyridine rings is 1. The Labute approximate surface area is 125 Å². The lowest BCUT2D eigenvalue weighted by atomic mass is 10.1. The summed E-state index contributed by atoms with van der Waals surface area (Å²) in [5, 5.41) is 9.35. The Bertz CT molecular complexity index is 667. The van der Waals surface area contributed by atoms with Gasteiger partial charge in [-0.15, -0.1) is 0 Å². The van der Waals surface area contributed by atoms with Gasteiger partial charge in [0.15, 0.2) is 0 Å². The largest absolute Gasteiger partial charge is 0.487 e. The second-order valence-corrected chi connectivity index (χ2v) is 4.77. The Balaban J connectivity index is 2.19. The fraction of sp³-hybridized carbons (Fsp3) is 0.200. The summed E-state index contributed by atoms with van der Waals surface area (Å²) < 4.78 is 19.5. The number of hydrogen-bond acceptors (Lipinski definition) is 3. The summed E-state index contributed by atoms with van der Waals surface area (Å²) >= 11 is 3.35. The van der Waals surface area contributed by atoms with E-state index in [2.05, 4.69) is 20.9 Å². The molecule has 102 valence electrons. The minimum Gasteiger partial charge on any atom is -0.487 e. The average Bonchev–Trinajstić information content (AvgIpc) is 2.47. The number of halogens is 2. The molecule has 0 saturated carbocycles. The van der Waals surface area contributed by atoms with E-state index < -0.39 is 5.82 Å². The van der Waals surface area contributed by atoms with E-state index in [1.165, 1.54) is 6.07 Å². The van der Waals surface area contributed by atoms with Crippen molar-refractivity contribution in [1.29, 1.82) is 5.26 Å². The predicted octanol–water partition coefficient (Wildman–Crippen LogP) is 3.87. The van der Waals surface area contributed by atoms with E-state index in [9.17, 15) is 4.39 Å². The van der Waals surface area contributed by atoms with Gasteiger partial charge in [0.05, 0.1) is 11.3 Å². The van der Waals surface area contributed by atoms with Crippen molar-refractivity contribution in [2.45, 2.75) is 18.9 Å². The normalized spacial score (nSPS) is 10.1. The van der Waals surface area contributed by atoms with Crippen molar-refractivity contribution in [3.63, 3.8) is 0 Å². The first-order valence-electron chi connectivity index (χ1n) is 5.98. The average molecular weight is 335 g/mol. The Morgan fingerprint density at radius 2 is 2.15 bits per heavy atom. The van der Waals surface area contributed by atoms with Crippen molar-refractivity contribution in [3.8, 4) is 11.8 Å². The molecule has 2 aromatic rings. The third kappa shape index (κ3) is 3.14. The van der Waals surface area contributed by atoms with Crippen LogP contribution in [-0.4, -0.2) is 4.98 Å². The van der Waals surface area contributed by atoms with E-state index in [-0.39, 0.29) is 12.2 Å². The third-order valence-corrected chi connectivity index (χ3v) is 3.31. The highest BCUT2D eigenvalue weighted by Crippen LogP contribution is 2.22. The van der Waals surface area contributed by atoms with E-state index in [1.807, 2.05) is 25.1 Å². The quantitative estimate of drug-likeness (QED) is 0.797. The molecule has 5 heteroatoms. The molecule has 3 nitrogen and oxygen atoms in total. The monoisotopic (exact) mass is 334 g/mol. The molecular formula is C15H12BrFN2O. The molecule has 0 saturated heterocycles. The molecule has 0 aliphatic carbocycles. The van der Waals surface area contributed by atoms with Crippen LogP contribution in [0.5, 0.6) is 5.75 Å². The van der Waals surface area contributed by atoms with Gasteiger partial charge in [-0.25, -0.2) is 4.39 Å². The molecule has 1 heterocycles. The van der Waals surface area contributed by atoms with Crippen LogP contribution in [0.4, 0.5) is 4.39 Å². The molecule has 0 aliphatic heterocycles. The molecule has 1 aromatic carbocycles. The van der Waals surface area contributed by atoms with Crippen LogP contribution in [0, 0.1) is 24.1 Å². The third-order valence-electron chi connectivity index (χ3n) is 2.78. The Morgan fingerprint density at radius 1 is 1.35 bits per heavy atom. The number of ether oxygens (including phenoxy) is 1. The van der Waals surface area contributed by atoms with Crippen molar-refractivity contribution in [1.82, 2.24) is 4.98 Å². The van der Waals surface area contributed by atoms with Crippen molar-refractivity contribution in [2.24, 2.45) is 0 Å². The number of benzene rings is 1. The molecule has 0 spiro atoms. The zero-order chi connectivity index (χ0) is 14.5. The molecule has 20 heavy (non-hydrogen) atoms. The summed E-state index contributed by atoms with van der Waals surface area (Å²) in [6.07, 6.45) is 0. The SMILES string of the molecule is Cc1ccc(OCc2cccc(C#N)c2F)c(CBr)n1. The number of alkyl halides is 1. The van der Waals surface area contributed by atoms with Gasteiger partial charge in [0.25, 0.3) is 0 Å². The molecule has 0 radical (unpaired) electrons. The minimum atomic E-state index is -0.532. The molecular weight excluding hydrogens is 323 g/mol. The van der Waals surface area contributed by atoms with Gasteiger partial charge in [0.2, 0.25) is 0 Å². The Kier molecular flexibility index (Phi) is 4.70. The van der Waals surface area contributed by atoms with Crippen LogP contribution in [0.25, 0.3) is 0 Å². The van der Waals surface area contributed by atoms with Gasteiger partial charge in [-0.2, -0.15) is 5.26 Å². The standard InChI is InChI=1S/C15H12BrFN2O/c1-10-5-6-14(13(7-16)19-10)20-9-12-4-2-3-11(8-18)15(12)17/h2-6H,7,9H2,1H3. The van der Waals surface area contributed by atoms with Gasteiger partial charge < -0.3 is 4.74 Å². The maximum absolute atomic E-state index is 13.9. The first-order valence-corrected chi connectivity index (χ1v) is 7.10. The van der Waals surface area contributed by atoms with Crippen molar-refractivity contribution >= 4 is 15.9 Å². The second kappa shape index (κ2) is 6.49. The lowest BCUT2D eigenvalue weighted by Gasteiger charge is -2.11. The van der Waals surface area contributed by atoms with E-state index in [1.54, 1.807) is 12.1 Å². The van der Waals surface area contributed by atoms with Crippen LogP contribution < -0.4 is 4.74 Å². The summed E-state index contributed by atoms with van der Waals surface area (Å²) in [6.45, 7) is 1.96. The first kappa shape index (κ1) is 14.5. The summed E-state index contributed by atoms with van der Waals surface area (Å²) in [5.74, 6) is 0.0738. The van der Waals surface area contributed by atoms with Crippen LogP contribution in [-0.2, 0) is 11.9 Å². The molecule has 0 bridgehead atoms. The lowest BCUT2D eigenvalue weighted by molar-refractivity contribution is 0.296. The number of hydrogen-bond donors (Lipinski definition) is 0. The molecule has 0 amide bonds. The van der Waals surface area contributed by atoms with Crippen molar-refractivity contribution in [2.75, 3.05) is 0 Å². The molecule has 2 rings (SSSR count). The number of aryl methyl sites for hydroxylation is 1. The molecule has 0 fully saturated rings. The van der Waals surface area contributed by atoms with E-state index >= 15 is 0 Å². The highest BCUT2D eigenvalue weighted by molar-refractivity contribution is 9.08. The number of nitriles is 1. The zero-order valence-electron chi connectivity index (χ0n) is 10.9. The highest BCUT2D eigenvalue weighted by atomic mass is 79.9. The van der Waals surface area contributed by atoms with Gasteiger partial charge in [-0.3, -0.25) is 4.98 Å². The van der Waals surface area contributed by atoms with Crippen LogP contribution in [0.15, 0.2) is 30.3 Å². The maximum atomic E-state index is 13.9. The van der Waals surface area contributed by atoms with E-state index in [0.717, 1.165) is 11.4 Å². The zero-order valence-corrected chi connectivity index (χ0v) is 12.4. The van der Waals surface area contributed by atoms with Gasteiger partial charge in [0, 0.05) is 16.6 Å². The fourth-order valence-corrected chi connectivity index (χ4v) is 2.16. The summed E-state index contributed by atoms with van der Waals surface area (Å²) in [5.41, 5.74) is 2.03.